The molecule has 0 aliphatic rings. The average molecular weight is 570 g/mol. The average Bonchev–Trinajstić information content (AvgIpc) is 3.33. The quantitative estimate of drug-likeness (QED) is 0.332. The zero-order chi connectivity index (χ0) is 17.3. The molecule has 0 saturated heterocycles. The number of hydrogen-bond donors (Lipinski definition) is 0. The molecule has 0 N–H and O–H groups in total. The summed E-state index contributed by atoms with van der Waals surface area (Å²) >= 11 is 6.35. The van der Waals surface area contributed by atoms with E-state index in [1.807, 2.05) is 12.5 Å². The summed E-state index contributed by atoms with van der Waals surface area (Å²) < 4.78 is 4.47. The molecule has 0 saturated carbocycles. The molecular formula is C18H12I2N4S. The minimum absolute atomic E-state index is 0.604. The topological polar surface area (TPSA) is 43.6 Å². The Hall–Kier alpha value is -1.33. The first-order chi connectivity index (χ1) is 12.2. The van der Waals surface area contributed by atoms with Crippen LogP contribution in [0.5, 0.6) is 0 Å². The van der Waals surface area contributed by atoms with Gasteiger partial charge in [-0.2, -0.15) is 0 Å². The Morgan fingerprint density at radius 3 is 2.04 bits per heavy atom. The van der Waals surface area contributed by atoms with Crippen molar-refractivity contribution in [3.05, 3.63) is 96.0 Å². The van der Waals surface area contributed by atoms with E-state index >= 15 is 0 Å². The summed E-state index contributed by atoms with van der Waals surface area (Å²) in [6, 6.07) is 16.8. The smallest absolute Gasteiger partial charge is 0.152 e. The van der Waals surface area contributed by atoms with Crippen LogP contribution in [-0.4, -0.2) is 19.7 Å². The van der Waals surface area contributed by atoms with E-state index < -0.39 is 5.54 Å². The number of halogens is 2. The Bertz CT molecular complexity index is 902. The maximum absolute atomic E-state index is 4.49. The molecule has 2 aromatic heterocycles. The van der Waals surface area contributed by atoms with Crippen molar-refractivity contribution >= 4 is 56.5 Å². The van der Waals surface area contributed by atoms with Crippen molar-refractivity contribution in [3.63, 3.8) is 0 Å². The minimum atomic E-state index is -0.604. The maximum atomic E-state index is 4.49. The van der Waals surface area contributed by atoms with Gasteiger partial charge in [-0.3, -0.25) is 0 Å². The van der Waals surface area contributed by atoms with E-state index in [1.165, 1.54) is 7.14 Å². The molecule has 0 aliphatic carbocycles. The number of nitrogens with zero attached hydrogens (tertiary/aromatic N) is 4. The number of rotatable bonds is 4. The predicted octanol–water partition coefficient (Wildman–Crippen LogP) is 4.78. The number of hydrogen-bond acceptors (Lipinski definition) is 4. The van der Waals surface area contributed by atoms with Crippen molar-refractivity contribution in [1.82, 2.24) is 19.7 Å². The third kappa shape index (κ3) is 2.81. The highest BCUT2D eigenvalue weighted by Gasteiger charge is 2.43. The summed E-state index contributed by atoms with van der Waals surface area (Å²) in [6.07, 6.45) is 5.66. The lowest BCUT2D eigenvalue weighted by atomic mass is 9.83. The van der Waals surface area contributed by atoms with Gasteiger partial charge in [0.25, 0.3) is 0 Å². The Balaban J connectivity index is 2.18. The van der Waals surface area contributed by atoms with Gasteiger partial charge < -0.3 is 4.57 Å². The second-order valence-corrected chi connectivity index (χ2v) is 8.54. The molecule has 0 spiro atoms. The molecule has 0 amide bonds. The van der Waals surface area contributed by atoms with Gasteiger partial charge in [0, 0.05) is 30.7 Å². The van der Waals surface area contributed by atoms with E-state index in [0.29, 0.717) is 0 Å². The van der Waals surface area contributed by atoms with Crippen molar-refractivity contribution < 1.29 is 0 Å². The fourth-order valence-corrected chi connectivity index (χ4v) is 5.40. The van der Waals surface area contributed by atoms with Gasteiger partial charge in [0.1, 0.15) is 5.51 Å². The third-order valence-electron chi connectivity index (χ3n) is 4.09. The highest BCUT2D eigenvalue weighted by Crippen LogP contribution is 2.44. The van der Waals surface area contributed by atoms with E-state index in [4.69, 9.17) is 0 Å². The van der Waals surface area contributed by atoms with Gasteiger partial charge in [-0.1, -0.05) is 36.4 Å². The Labute approximate surface area is 176 Å². The second-order valence-electron chi connectivity index (χ2n) is 5.38. The van der Waals surface area contributed by atoms with Gasteiger partial charge in [0.15, 0.2) is 10.5 Å². The fourth-order valence-electron chi connectivity index (χ4n) is 3.06. The van der Waals surface area contributed by atoms with Crippen molar-refractivity contribution in [2.24, 2.45) is 0 Å². The summed E-state index contributed by atoms with van der Waals surface area (Å²) in [5, 5.41) is 9.55. The summed E-state index contributed by atoms with van der Waals surface area (Å²) in [5.41, 5.74) is 3.50. The van der Waals surface area contributed by atoms with Crippen molar-refractivity contribution in [1.29, 1.82) is 0 Å². The van der Waals surface area contributed by atoms with E-state index in [2.05, 4.69) is 113 Å². The second kappa shape index (κ2) is 7.12. The highest BCUT2D eigenvalue weighted by molar-refractivity contribution is 14.1. The van der Waals surface area contributed by atoms with Crippen LogP contribution in [0.15, 0.2) is 72.8 Å². The summed E-state index contributed by atoms with van der Waals surface area (Å²) in [6.45, 7) is 0. The van der Waals surface area contributed by atoms with E-state index in [9.17, 15) is 0 Å². The van der Waals surface area contributed by atoms with Gasteiger partial charge in [-0.15, -0.1) is 21.5 Å². The molecule has 4 rings (SSSR count). The van der Waals surface area contributed by atoms with Crippen LogP contribution >= 0.6 is 56.5 Å². The molecule has 0 unspecified atom stereocenters. The molecule has 4 nitrogen and oxygen atoms in total. The normalized spacial score (nSPS) is 11.6. The largest absolute Gasteiger partial charge is 0.316 e. The standard InChI is InChI=1S/C18H12I2N4S/c19-15-7-3-1-5-13(15)18(17-23-22-12-25-17,24-10-9-21-11-24)14-6-2-4-8-16(14)20/h1-12H. The van der Waals surface area contributed by atoms with Gasteiger partial charge in [0.05, 0.1) is 6.33 Å². The number of aromatic nitrogens is 4. The molecular weight excluding hydrogens is 558 g/mol. The first-order valence-electron chi connectivity index (χ1n) is 7.49. The monoisotopic (exact) mass is 570 g/mol. The summed E-state index contributed by atoms with van der Waals surface area (Å²) in [5.74, 6) is 0. The van der Waals surface area contributed by atoms with Crippen LogP contribution in [0.2, 0.25) is 0 Å². The minimum Gasteiger partial charge on any atom is -0.316 e. The Kier molecular flexibility index (Phi) is 4.87. The molecule has 2 aromatic carbocycles. The molecule has 0 fully saturated rings. The predicted molar refractivity (Wildman–Crippen MR) is 116 cm³/mol. The first kappa shape index (κ1) is 17.1. The number of imidazole rings is 1. The molecule has 0 bridgehead atoms. The molecule has 0 atom stereocenters. The lowest BCUT2D eigenvalue weighted by Crippen LogP contribution is -2.38. The first-order valence-corrected chi connectivity index (χ1v) is 10.5. The zero-order valence-electron chi connectivity index (χ0n) is 12.9. The third-order valence-corrected chi connectivity index (χ3v) is 6.77. The van der Waals surface area contributed by atoms with Crippen molar-refractivity contribution in [2.75, 3.05) is 0 Å². The molecule has 25 heavy (non-hydrogen) atoms. The van der Waals surface area contributed by atoms with Crippen molar-refractivity contribution in [3.8, 4) is 0 Å². The highest BCUT2D eigenvalue weighted by atomic mass is 127. The Morgan fingerprint density at radius 1 is 0.920 bits per heavy atom. The van der Waals surface area contributed by atoms with Crippen molar-refractivity contribution in [2.45, 2.75) is 5.54 Å². The van der Waals surface area contributed by atoms with Crippen LogP contribution in [0.25, 0.3) is 0 Å². The van der Waals surface area contributed by atoms with Crippen LogP contribution in [0.1, 0.15) is 16.1 Å². The lowest BCUT2D eigenvalue weighted by molar-refractivity contribution is 0.502. The molecule has 0 radical (unpaired) electrons. The van der Waals surface area contributed by atoms with Crippen LogP contribution in [0, 0.1) is 7.14 Å². The summed E-state index contributed by atoms with van der Waals surface area (Å²) in [7, 11) is 0. The van der Waals surface area contributed by atoms with E-state index in [1.54, 1.807) is 23.0 Å². The lowest BCUT2D eigenvalue weighted by Gasteiger charge is -2.35. The maximum Gasteiger partial charge on any atom is 0.152 e. The fraction of sp³-hybridized carbons (Fsp3) is 0.0556. The Morgan fingerprint density at radius 2 is 1.56 bits per heavy atom. The summed E-state index contributed by atoms with van der Waals surface area (Å²) in [4.78, 5) is 4.32. The SMILES string of the molecule is Ic1ccccc1C(c1nncs1)(c1ccccc1I)n1ccnc1. The van der Waals surface area contributed by atoms with Gasteiger partial charge in [-0.05, 0) is 57.3 Å². The molecule has 7 heteroatoms. The van der Waals surface area contributed by atoms with Crippen LogP contribution in [0.4, 0.5) is 0 Å². The van der Waals surface area contributed by atoms with E-state index in [-0.39, 0.29) is 0 Å². The molecule has 2 heterocycles. The van der Waals surface area contributed by atoms with E-state index in [0.717, 1.165) is 16.1 Å². The molecule has 124 valence electrons. The van der Waals surface area contributed by atoms with Gasteiger partial charge in [-0.25, -0.2) is 4.98 Å². The van der Waals surface area contributed by atoms with Crippen LogP contribution in [-0.2, 0) is 5.54 Å². The van der Waals surface area contributed by atoms with Crippen LogP contribution < -0.4 is 0 Å². The molecule has 4 aromatic rings. The molecule has 0 aliphatic heterocycles. The number of benzene rings is 2. The van der Waals surface area contributed by atoms with Gasteiger partial charge in [0.2, 0.25) is 0 Å². The van der Waals surface area contributed by atoms with Crippen LogP contribution in [0.3, 0.4) is 0 Å². The zero-order valence-corrected chi connectivity index (χ0v) is 18.0. The van der Waals surface area contributed by atoms with Gasteiger partial charge >= 0.3 is 0 Å².